The van der Waals surface area contributed by atoms with E-state index in [1.807, 2.05) is 0 Å². The number of carboxylic acid groups (broad SMARTS) is 1. The summed E-state index contributed by atoms with van der Waals surface area (Å²) in [5, 5.41) is 17.7. The Labute approximate surface area is 148 Å². The SMILES string of the molecule is Nc1cc(S(=O)(=O)O)c2ccccc2c1N=Nc1ccc(C(=O)O)cc1. The Balaban J connectivity index is 2.11. The number of anilines is 1. The zero-order valence-electron chi connectivity index (χ0n) is 13.2. The van der Waals surface area contributed by atoms with Crippen LogP contribution in [0.2, 0.25) is 0 Å². The van der Waals surface area contributed by atoms with E-state index in [0.29, 0.717) is 11.1 Å². The van der Waals surface area contributed by atoms with Gasteiger partial charge in [-0.3, -0.25) is 4.55 Å². The van der Waals surface area contributed by atoms with E-state index in [9.17, 15) is 17.8 Å². The van der Waals surface area contributed by atoms with Crippen LogP contribution in [0.25, 0.3) is 10.8 Å². The van der Waals surface area contributed by atoms with Crippen molar-refractivity contribution in [1.29, 1.82) is 0 Å². The van der Waals surface area contributed by atoms with Crippen molar-refractivity contribution in [1.82, 2.24) is 0 Å². The molecule has 26 heavy (non-hydrogen) atoms. The standard InChI is InChI=1S/C17H13N3O5S/c18-14-9-15(26(23,24)25)12-3-1-2-4-13(12)16(14)20-19-11-7-5-10(6-8-11)17(21)22/h1-9H,18H2,(H,21,22)(H,23,24,25). The van der Waals surface area contributed by atoms with E-state index in [4.69, 9.17) is 10.8 Å². The number of rotatable bonds is 4. The van der Waals surface area contributed by atoms with E-state index in [1.54, 1.807) is 18.2 Å². The molecule has 0 radical (unpaired) electrons. The molecule has 3 rings (SSSR count). The molecule has 0 aliphatic heterocycles. The molecule has 0 aliphatic rings. The summed E-state index contributed by atoms with van der Waals surface area (Å²) in [4.78, 5) is 10.5. The smallest absolute Gasteiger partial charge is 0.335 e. The lowest BCUT2D eigenvalue weighted by Crippen LogP contribution is -2.01. The van der Waals surface area contributed by atoms with Crippen molar-refractivity contribution >= 4 is 43.9 Å². The fourth-order valence-electron chi connectivity index (χ4n) is 2.45. The summed E-state index contributed by atoms with van der Waals surface area (Å²) >= 11 is 0. The van der Waals surface area contributed by atoms with Crippen LogP contribution in [0, 0.1) is 0 Å². The zero-order chi connectivity index (χ0) is 18.9. The van der Waals surface area contributed by atoms with Crippen LogP contribution in [0.1, 0.15) is 10.4 Å². The first-order valence-corrected chi connectivity index (χ1v) is 8.75. The average Bonchev–Trinajstić information content (AvgIpc) is 2.60. The molecule has 0 unspecified atom stereocenters. The van der Waals surface area contributed by atoms with Crippen molar-refractivity contribution in [3.8, 4) is 0 Å². The third-order valence-electron chi connectivity index (χ3n) is 3.67. The molecule has 132 valence electrons. The topological polar surface area (TPSA) is 142 Å². The molecular formula is C17H13N3O5S. The van der Waals surface area contributed by atoms with Crippen LogP contribution in [0.15, 0.2) is 69.7 Å². The number of carbonyl (C=O) groups is 1. The number of azo groups is 1. The first kappa shape index (κ1) is 17.5. The second-order valence-electron chi connectivity index (χ2n) is 5.39. The van der Waals surface area contributed by atoms with Gasteiger partial charge in [0.1, 0.15) is 10.6 Å². The highest BCUT2D eigenvalue weighted by Gasteiger charge is 2.18. The fourth-order valence-corrected chi connectivity index (χ4v) is 3.18. The largest absolute Gasteiger partial charge is 0.478 e. The number of nitrogen functional groups attached to an aromatic ring is 1. The molecule has 0 saturated carbocycles. The van der Waals surface area contributed by atoms with Gasteiger partial charge < -0.3 is 10.8 Å². The van der Waals surface area contributed by atoms with Crippen LogP contribution in [0.5, 0.6) is 0 Å². The highest BCUT2D eigenvalue weighted by Crippen LogP contribution is 2.37. The summed E-state index contributed by atoms with van der Waals surface area (Å²) in [7, 11) is -4.46. The fraction of sp³-hybridized carbons (Fsp3) is 0. The Bertz CT molecular complexity index is 1140. The van der Waals surface area contributed by atoms with Crippen molar-refractivity contribution in [2.45, 2.75) is 4.90 Å². The van der Waals surface area contributed by atoms with Crippen LogP contribution in [0.3, 0.4) is 0 Å². The average molecular weight is 371 g/mol. The Kier molecular flexibility index (Phi) is 4.41. The summed E-state index contributed by atoms with van der Waals surface area (Å²) in [5.41, 5.74) is 6.70. The van der Waals surface area contributed by atoms with Crippen molar-refractivity contribution in [2.75, 3.05) is 5.73 Å². The summed E-state index contributed by atoms with van der Waals surface area (Å²) in [6.07, 6.45) is 0. The molecule has 0 atom stereocenters. The van der Waals surface area contributed by atoms with E-state index in [1.165, 1.54) is 30.3 Å². The van der Waals surface area contributed by atoms with Crippen molar-refractivity contribution < 1.29 is 22.9 Å². The van der Waals surface area contributed by atoms with Crippen molar-refractivity contribution in [2.24, 2.45) is 10.2 Å². The van der Waals surface area contributed by atoms with E-state index in [-0.39, 0.29) is 27.2 Å². The van der Waals surface area contributed by atoms with E-state index in [2.05, 4.69) is 10.2 Å². The number of aromatic carboxylic acids is 1. The first-order chi connectivity index (χ1) is 12.3. The molecule has 0 amide bonds. The summed E-state index contributed by atoms with van der Waals surface area (Å²) in [6, 6.07) is 13.3. The minimum atomic E-state index is -4.46. The maximum Gasteiger partial charge on any atom is 0.335 e. The number of benzene rings is 3. The Morgan fingerprint density at radius 1 is 0.962 bits per heavy atom. The molecule has 0 heterocycles. The monoisotopic (exact) mass is 371 g/mol. The third kappa shape index (κ3) is 3.39. The van der Waals surface area contributed by atoms with Crippen LogP contribution in [-0.4, -0.2) is 24.0 Å². The highest BCUT2D eigenvalue weighted by molar-refractivity contribution is 7.86. The molecule has 0 fully saturated rings. The van der Waals surface area contributed by atoms with Gasteiger partial charge in [-0.2, -0.15) is 13.5 Å². The van der Waals surface area contributed by atoms with Gasteiger partial charge >= 0.3 is 5.97 Å². The lowest BCUT2D eigenvalue weighted by atomic mass is 10.1. The molecule has 3 aromatic rings. The van der Waals surface area contributed by atoms with E-state index < -0.39 is 16.1 Å². The first-order valence-electron chi connectivity index (χ1n) is 7.31. The van der Waals surface area contributed by atoms with Gasteiger partial charge in [-0.05, 0) is 30.3 Å². The number of hydrogen-bond donors (Lipinski definition) is 3. The lowest BCUT2D eigenvalue weighted by Gasteiger charge is -2.09. The molecule has 0 bridgehead atoms. The number of nitrogens with zero attached hydrogens (tertiary/aromatic N) is 2. The minimum absolute atomic E-state index is 0.0298. The molecular weight excluding hydrogens is 358 g/mol. The molecule has 0 aromatic heterocycles. The second kappa shape index (κ2) is 6.54. The van der Waals surface area contributed by atoms with Gasteiger partial charge in [0.2, 0.25) is 0 Å². The van der Waals surface area contributed by atoms with Crippen LogP contribution >= 0.6 is 0 Å². The van der Waals surface area contributed by atoms with Gasteiger partial charge in [-0.25, -0.2) is 4.79 Å². The van der Waals surface area contributed by atoms with E-state index >= 15 is 0 Å². The molecule has 8 nitrogen and oxygen atoms in total. The summed E-state index contributed by atoms with van der Waals surface area (Å²) in [6.45, 7) is 0. The number of carboxylic acids is 1. The highest BCUT2D eigenvalue weighted by atomic mass is 32.2. The Hall–Kier alpha value is -3.30. The molecule has 0 saturated heterocycles. The van der Waals surface area contributed by atoms with Gasteiger partial charge in [0, 0.05) is 10.8 Å². The predicted octanol–water partition coefficient (Wildman–Crippen LogP) is 3.78. The minimum Gasteiger partial charge on any atom is -0.478 e. The Morgan fingerprint density at radius 2 is 1.58 bits per heavy atom. The van der Waals surface area contributed by atoms with Gasteiger partial charge in [0.05, 0.1) is 16.9 Å². The maximum absolute atomic E-state index is 11.6. The zero-order valence-corrected chi connectivity index (χ0v) is 14.0. The van der Waals surface area contributed by atoms with Crippen LogP contribution in [-0.2, 0) is 10.1 Å². The normalized spacial score (nSPS) is 11.9. The van der Waals surface area contributed by atoms with Gasteiger partial charge in [0.25, 0.3) is 10.1 Å². The quantitative estimate of drug-likeness (QED) is 0.362. The van der Waals surface area contributed by atoms with Crippen molar-refractivity contribution in [3.63, 3.8) is 0 Å². The number of nitrogens with two attached hydrogens (primary N) is 1. The summed E-state index contributed by atoms with van der Waals surface area (Å²) in [5.74, 6) is -1.05. The number of hydrogen-bond acceptors (Lipinski definition) is 6. The molecule has 0 aliphatic carbocycles. The number of fused-ring (bicyclic) bond motifs is 1. The molecule has 3 aromatic carbocycles. The predicted molar refractivity (Wildman–Crippen MR) is 95.8 cm³/mol. The maximum atomic E-state index is 11.6. The van der Waals surface area contributed by atoms with Gasteiger partial charge in [-0.15, -0.1) is 5.11 Å². The molecule has 0 spiro atoms. The molecule has 9 heteroatoms. The summed E-state index contributed by atoms with van der Waals surface area (Å²) < 4.78 is 32.5. The van der Waals surface area contributed by atoms with Gasteiger partial charge in [-0.1, -0.05) is 24.3 Å². The molecule has 4 N–H and O–H groups in total. The van der Waals surface area contributed by atoms with E-state index in [0.717, 1.165) is 6.07 Å². The Morgan fingerprint density at radius 3 is 2.15 bits per heavy atom. The van der Waals surface area contributed by atoms with Crippen LogP contribution < -0.4 is 5.73 Å². The van der Waals surface area contributed by atoms with Crippen molar-refractivity contribution in [3.05, 3.63) is 60.2 Å². The third-order valence-corrected chi connectivity index (χ3v) is 4.56. The lowest BCUT2D eigenvalue weighted by molar-refractivity contribution is 0.0697. The van der Waals surface area contributed by atoms with Gasteiger partial charge in [0.15, 0.2) is 0 Å². The van der Waals surface area contributed by atoms with Crippen LogP contribution in [0.4, 0.5) is 17.1 Å². The second-order valence-corrected chi connectivity index (χ2v) is 6.78.